The Bertz CT molecular complexity index is 678. The predicted octanol–water partition coefficient (Wildman–Crippen LogP) is 2.50. The van der Waals surface area contributed by atoms with Crippen LogP contribution >= 0.6 is 11.8 Å². The number of benzene rings is 1. The molecule has 6 heteroatoms. The Morgan fingerprint density at radius 2 is 1.87 bits per heavy atom. The van der Waals surface area contributed by atoms with Crippen molar-refractivity contribution >= 4 is 29.4 Å². The number of thioether (sulfide) groups is 1. The molecule has 1 aromatic rings. The SMILES string of the molecule is CCN1C(=O)C(CC(=O)O)=C(C(=O)c2ccc(C)cc2)[C@@H]1SC. The third kappa shape index (κ3) is 3.32. The summed E-state index contributed by atoms with van der Waals surface area (Å²) < 4.78 is 0. The number of carboxylic acids is 1. The van der Waals surface area contributed by atoms with Gasteiger partial charge in [0.2, 0.25) is 0 Å². The molecular weight excluding hydrogens is 314 g/mol. The molecule has 0 saturated carbocycles. The summed E-state index contributed by atoms with van der Waals surface area (Å²) in [6, 6.07) is 7.07. The van der Waals surface area contributed by atoms with Crippen LogP contribution in [-0.4, -0.2) is 45.8 Å². The van der Waals surface area contributed by atoms with Crippen LogP contribution in [0.25, 0.3) is 0 Å². The number of aryl methyl sites for hydroxylation is 1. The molecule has 0 aliphatic carbocycles. The summed E-state index contributed by atoms with van der Waals surface area (Å²) in [5.41, 5.74) is 1.90. The predicted molar refractivity (Wildman–Crippen MR) is 89.5 cm³/mol. The van der Waals surface area contributed by atoms with Crippen LogP contribution in [-0.2, 0) is 9.59 Å². The fraction of sp³-hybridized carbons (Fsp3) is 0.353. The fourth-order valence-electron chi connectivity index (χ4n) is 2.69. The third-order valence-corrected chi connectivity index (χ3v) is 4.76. The van der Waals surface area contributed by atoms with E-state index >= 15 is 0 Å². The number of Topliss-reactive ketones (excluding diaryl/α,β-unsaturated/α-hetero) is 1. The number of ketones is 1. The Morgan fingerprint density at radius 3 is 2.35 bits per heavy atom. The van der Waals surface area contributed by atoms with E-state index in [0.29, 0.717) is 17.7 Å². The van der Waals surface area contributed by atoms with E-state index in [0.717, 1.165) is 5.56 Å². The van der Waals surface area contributed by atoms with E-state index in [1.807, 2.05) is 32.2 Å². The molecule has 2 rings (SSSR count). The number of likely N-dealkylation sites (N-methyl/N-ethyl adjacent to an activating group) is 1. The lowest BCUT2D eigenvalue weighted by molar-refractivity contribution is -0.137. The molecule has 0 spiro atoms. The molecule has 1 atom stereocenters. The molecule has 1 amide bonds. The largest absolute Gasteiger partial charge is 0.481 e. The summed E-state index contributed by atoms with van der Waals surface area (Å²) in [7, 11) is 0. The molecule has 0 fully saturated rings. The van der Waals surface area contributed by atoms with Crippen LogP contribution in [0.5, 0.6) is 0 Å². The third-order valence-electron chi connectivity index (χ3n) is 3.82. The molecule has 1 aromatic carbocycles. The number of amides is 1. The highest BCUT2D eigenvalue weighted by atomic mass is 32.2. The highest BCUT2D eigenvalue weighted by molar-refractivity contribution is 7.99. The van der Waals surface area contributed by atoms with Crippen LogP contribution < -0.4 is 0 Å². The number of carbonyl (C=O) groups is 3. The monoisotopic (exact) mass is 333 g/mol. The van der Waals surface area contributed by atoms with Crippen molar-refractivity contribution in [3.05, 3.63) is 46.5 Å². The number of hydrogen-bond donors (Lipinski definition) is 1. The standard InChI is InChI=1S/C17H19NO4S/c1-4-18-16(22)12(9-13(19)20)14(17(18)23-3)15(21)11-7-5-10(2)6-8-11/h5-8,17H,4,9H2,1-3H3,(H,19,20)/t17-/m0/s1. The van der Waals surface area contributed by atoms with Crippen molar-refractivity contribution in [1.82, 2.24) is 4.90 Å². The first-order chi connectivity index (χ1) is 10.9. The number of rotatable bonds is 6. The van der Waals surface area contributed by atoms with E-state index in [1.54, 1.807) is 17.0 Å². The van der Waals surface area contributed by atoms with E-state index in [1.165, 1.54) is 11.8 Å². The Morgan fingerprint density at radius 1 is 1.26 bits per heavy atom. The summed E-state index contributed by atoms with van der Waals surface area (Å²) >= 11 is 1.37. The van der Waals surface area contributed by atoms with Crippen molar-refractivity contribution < 1.29 is 19.5 Å². The molecule has 0 aromatic heterocycles. The van der Waals surface area contributed by atoms with Crippen molar-refractivity contribution in [2.24, 2.45) is 0 Å². The van der Waals surface area contributed by atoms with Crippen molar-refractivity contribution in [1.29, 1.82) is 0 Å². The fourth-order valence-corrected chi connectivity index (χ4v) is 3.67. The summed E-state index contributed by atoms with van der Waals surface area (Å²) in [6.07, 6.45) is 1.38. The topological polar surface area (TPSA) is 74.7 Å². The number of carbonyl (C=O) groups excluding carboxylic acids is 2. The van der Waals surface area contributed by atoms with Crippen LogP contribution in [0, 0.1) is 6.92 Å². The van der Waals surface area contributed by atoms with Crippen molar-refractivity contribution in [3.63, 3.8) is 0 Å². The van der Waals surface area contributed by atoms with Crippen LogP contribution in [0.2, 0.25) is 0 Å². The summed E-state index contributed by atoms with van der Waals surface area (Å²) in [5, 5.41) is 8.66. The maximum Gasteiger partial charge on any atom is 0.308 e. The van der Waals surface area contributed by atoms with Gasteiger partial charge >= 0.3 is 5.97 Å². The molecule has 0 bridgehead atoms. The van der Waals surface area contributed by atoms with Gasteiger partial charge < -0.3 is 10.0 Å². The highest BCUT2D eigenvalue weighted by Gasteiger charge is 2.41. The second-order valence-electron chi connectivity index (χ2n) is 5.34. The van der Waals surface area contributed by atoms with Gasteiger partial charge in [-0.3, -0.25) is 14.4 Å². The van der Waals surface area contributed by atoms with Gasteiger partial charge in [0.25, 0.3) is 5.91 Å². The summed E-state index contributed by atoms with van der Waals surface area (Å²) in [6.45, 7) is 4.17. The van der Waals surface area contributed by atoms with Gasteiger partial charge in [-0.2, -0.15) is 0 Å². The van der Waals surface area contributed by atoms with Gasteiger partial charge in [-0.25, -0.2) is 0 Å². The normalized spacial score (nSPS) is 17.8. The average Bonchev–Trinajstić information content (AvgIpc) is 2.78. The molecule has 5 nitrogen and oxygen atoms in total. The van der Waals surface area contributed by atoms with Gasteiger partial charge in [0.15, 0.2) is 5.78 Å². The molecule has 0 saturated heterocycles. The second kappa shape index (κ2) is 7.00. The van der Waals surface area contributed by atoms with Crippen molar-refractivity contribution in [2.75, 3.05) is 12.8 Å². The first-order valence-corrected chi connectivity index (χ1v) is 8.59. The molecule has 0 unspecified atom stereocenters. The Hall–Kier alpha value is -2.08. The average molecular weight is 333 g/mol. The first-order valence-electron chi connectivity index (χ1n) is 7.30. The van der Waals surface area contributed by atoms with Gasteiger partial charge in [0.1, 0.15) is 5.37 Å². The summed E-state index contributed by atoms with van der Waals surface area (Å²) in [4.78, 5) is 38.0. The summed E-state index contributed by atoms with van der Waals surface area (Å²) in [5.74, 6) is -1.74. The van der Waals surface area contributed by atoms with E-state index in [9.17, 15) is 14.4 Å². The van der Waals surface area contributed by atoms with E-state index in [-0.39, 0.29) is 17.3 Å². The lowest BCUT2D eigenvalue weighted by atomic mass is 9.98. The molecule has 1 heterocycles. The van der Waals surface area contributed by atoms with Crippen LogP contribution in [0.3, 0.4) is 0 Å². The number of nitrogens with zero attached hydrogens (tertiary/aromatic N) is 1. The Balaban J connectivity index is 2.52. The van der Waals surface area contributed by atoms with E-state index in [2.05, 4.69) is 0 Å². The number of aliphatic carboxylic acids is 1. The zero-order valence-corrected chi connectivity index (χ0v) is 14.1. The smallest absolute Gasteiger partial charge is 0.308 e. The molecule has 0 radical (unpaired) electrons. The molecular formula is C17H19NO4S. The van der Waals surface area contributed by atoms with E-state index in [4.69, 9.17) is 5.11 Å². The van der Waals surface area contributed by atoms with Gasteiger partial charge in [-0.15, -0.1) is 11.8 Å². The molecule has 1 aliphatic heterocycles. The lowest BCUT2D eigenvalue weighted by Crippen LogP contribution is -2.34. The molecule has 122 valence electrons. The maximum absolute atomic E-state index is 12.9. The molecule has 1 N–H and O–H groups in total. The van der Waals surface area contributed by atoms with Gasteiger partial charge in [-0.05, 0) is 20.1 Å². The molecule has 23 heavy (non-hydrogen) atoms. The zero-order valence-electron chi connectivity index (χ0n) is 13.3. The van der Waals surface area contributed by atoms with Crippen LogP contribution in [0.4, 0.5) is 0 Å². The van der Waals surface area contributed by atoms with Crippen LogP contribution in [0.15, 0.2) is 35.4 Å². The second-order valence-corrected chi connectivity index (χ2v) is 6.26. The number of carboxylic acid groups (broad SMARTS) is 1. The Kier molecular flexibility index (Phi) is 5.26. The van der Waals surface area contributed by atoms with E-state index < -0.39 is 17.8 Å². The lowest BCUT2D eigenvalue weighted by Gasteiger charge is -2.23. The molecule has 1 aliphatic rings. The minimum absolute atomic E-state index is 0.101. The highest BCUT2D eigenvalue weighted by Crippen LogP contribution is 2.35. The minimum atomic E-state index is -1.11. The van der Waals surface area contributed by atoms with Gasteiger partial charge in [0, 0.05) is 23.3 Å². The van der Waals surface area contributed by atoms with Gasteiger partial charge in [-0.1, -0.05) is 29.8 Å². The minimum Gasteiger partial charge on any atom is -0.481 e. The quantitative estimate of drug-likeness (QED) is 0.810. The van der Waals surface area contributed by atoms with Crippen LogP contribution in [0.1, 0.15) is 29.3 Å². The van der Waals surface area contributed by atoms with Crippen molar-refractivity contribution in [3.8, 4) is 0 Å². The Labute approximate surface area is 139 Å². The first kappa shape index (κ1) is 17.3. The zero-order chi connectivity index (χ0) is 17.1. The number of hydrogen-bond acceptors (Lipinski definition) is 4. The maximum atomic E-state index is 12.9. The van der Waals surface area contributed by atoms with Crippen molar-refractivity contribution in [2.45, 2.75) is 25.6 Å². The van der Waals surface area contributed by atoms with Gasteiger partial charge in [0.05, 0.1) is 6.42 Å².